The van der Waals surface area contributed by atoms with Gasteiger partial charge in [0.2, 0.25) is 5.91 Å². The topological polar surface area (TPSA) is 97.0 Å². The van der Waals surface area contributed by atoms with Crippen LogP contribution >= 0.6 is 0 Å². The van der Waals surface area contributed by atoms with Crippen molar-refractivity contribution in [2.75, 3.05) is 18.0 Å². The minimum atomic E-state index is -0.0435. The third-order valence-corrected chi connectivity index (χ3v) is 5.49. The van der Waals surface area contributed by atoms with Crippen LogP contribution in [0.5, 0.6) is 0 Å². The highest BCUT2D eigenvalue weighted by molar-refractivity contribution is 5.88. The quantitative estimate of drug-likeness (QED) is 0.669. The van der Waals surface area contributed by atoms with Crippen LogP contribution in [0.3, 0.4) is 0 Å². The minimum absolute atomic E-state index is 0.0435. The van der Waals surface area contributed by atoms with Crippen LogP contribution in [0.4, 0.5) is 5.82 Å². The number of fused-ring (bicyclic) bond motifs is 1. The van der Waals surface area contributed by atoms with Crippen molar-refractivity contribution in [3.05, 3.63) is 41.6 Å². The number of aryl methyl sites for hydroxylation is 2. The molecule has 3 aromatic rings. The molecule has 3 aromatic heterocycles. The maximum absolute atomic E-state index is 12.3. The van der Waals surface area contributed by atoms with Crippen molar-refractivity contribution in [1.82, 2.24) is 25.4 Å². The van der Waals surface area contributed by atoms with Crippen molar-refractivity contribution in [3.8, 4) is 0 Å². The lowest BCUT2D eigenvalue weighted by Gasteiger charge is -2.36. The molecule has 158 valence electrons. The number of anilines is 1. The van der Waals surface area contributed by atoms with E-state index in [0.717, 1.165) is 35.6 Å². The van der Waals surface area contributed by atoms with E-state index in [1.54, 1.807) is 12.4 Å². The molecule has 0 spiro atoms. The van der Waals surface area contributed by atoms with Crippen LogP contribution in [0.2, 0.25) is 0 Å². The molecule has 1 saturated heterocycles. The molecule has 0 saturated carbocycles. The maximum Gasteiger partial charge on any atom is 0.263 e. The Morgan fingerprint density at radius 3 is 2.80 bits per heavy atom. The molecule has 1 amide bonds. The molecule has 1 N–H and O–H groups in total. The van der Waals surface area contributed by atoms with Crippen molar-refractivity contribution in [3.63, 3.8) is 0 Å². The van der Waals surface area contributed by atoms with Gasteiger partial charge in [0, 0.05) is 44.9 Å². The number of amides is 1. The maximum atomic E-state index is 12.3. The summed E-state index contributed by atoms with van der Waals surface area (Å²) in [6, 6.07) is 3.79. The van der Waals surface area contributed by atoms with E-state index in [-0.39, 0.29) is 5.91 Å². The Labute approximate surface area is 176 Å². The fourth-order valence-corrected chi connectivity index (χ4v) is 4.21. The van der Waals surface area contributed by atoms with E-state index in [1.165, 1.54) is 6.42 Å². The largest absolute Gasteiger partial charge is 0.355 e. The number of carbonyl (C=O) groups is 1. The Morgan fingerprint density at radius 2 is 2.07 bits per heavy atom. The number of hydrogen-bond acceptors (Lipinski definition) is 7. The predicted octanol–water partition coefficient (Wildman–Crippen LogP) is 3.05. The van der Waals surface area contributed by atoms with Gasteiger partial charge in [0.1, 0.15) is 17.0 Å². The van der Waals surface area contributed by atoms with Gasteiger partial charge in [-0.1, -0.05) is 25.1 Å². The Hall–Kier alpha value is -3.03. The first-order valence-electron chi connectivity index (χ1n) is 10.5. The molecular formula is C22H28N6O2. The van der Waals surface area contributed by atoms with Gasteiger partial charge in [0.15, 0.2) is 0 Å². The Kier molecular flexibility index (Phi) is 5.92. The molecule has 0 unspecified atom stereocenters. The van der Waals surface area contributed by atoms with Gasteiger partial charge in [-0.2, -0.15) is 4.98 Å². The molecule has 8 nitrogen and oxygen atoms in total. The van der Waals surface area contributed by atoms with Gasteiger partial charge in [-0.05, 0) is 36.8 Å². The first-order chi connectivity index (χ1) is 14.5. The first kappa shape index (κ1) is 20.3. The molecule has 2 atom stereocenters. The lowest BCUT2D eigenvalue weighted by Crippen LogP contribution is -2.39. The summed E-state index contributed by atoms with van der Waals surface area (Å²) >= 11 is 0. The SMILES string of the molecule is Cc1noc2nc(CCC(=O)NCc3cccnc3)nc(N3C[C@H](C)C[C@H](C)C3)c12. The molecule has 0 aromatic carbocycles. The van der Waals surface area contributed by atoms with Crippen LogP contribution in [-0.4, -0.2) is 39.1 Å². The zero-order valence-corrected chi connectivity index (χ0v) is 17.8. The zero-order chi connectivity index (χ0) is 21.1. The van der Waals surface area contributed by atoms with Gasteiger partial charge in [-0.25, -0.2) is 4.98 Å². The highest BCUT2D eigenvalue weighted by Gasteiger charge is 2.27. The number of piperidine rings is 1. The van der Waals surface area contributed by atoms with E-state index in [1.807, 2.05) is 19.1 Å². The number of nitrogens with zero attached hydrogens (tertiary/aromatic N) is 5. The van der Waals surface area contributed by atoms with Gasteiger partial charge in [0.05, 0.1) is 5.69 Å². The second kappa shape index (κ2) is 8.77. The normalized spacial score (nSPS) is 19.2. The molecule has 0 bridgehead atoms. The Balaban J connectivity index is 1.48. The number of aromatic nitrogens is 4. The summed E-state index contributed by atoms with van der Waals surface area (Å²) in [7, 11) is 0. The summed E-state index contributed by atoms with van der Waals surface area (Å²) in [6.45, 7) is 8.83. The van der Waals surface area contributed by atoms with Gasteiger partial charge in [0.25, 0.3) is 5.71 Å². The molecule has 1 aliphatic rings. The zero-order valence-electron chi connectivity index (χ0n) is 17.8. The number of rotatable bonds is 6. The third-order valence-electron chi connectivity index (χ3n) is 5.49. The Morgan fingerprint density at radius 1 is 1.27 bits per heavy atom. The van der Waals surface area contributed by atoms with Crippen LogP contribution in [0.1, 0.15) is 43.8 Å². The van der Waals surface area contributed by atoms with Crippen molar-refractivity contribution in [1.29, 1.82) is 0 Å². The smallest absolute Gasteiger partial charge is 0.263 e. The van der Waals surface area contributed by atoms with Crippen LogP contribution in [0.25, 0.3) is 11.1 Å². The van der Waals surface area contributed by atoms with Crippen LogP contribution in [0, 0.1) is 18.8 Å². The van der Waals surface area contributed by atoms with E-state index in [9.17, 15) is 4.79 Å². The standard InChI is InChI=1S/C22H28N6O2/c1-14-9-15(2)13-28(12-14)21-20-16(3)27-30-22(20)26-18(25-21)6-7-19(29)24-11-17-5-4-8-23-10-17/h4-5,8,10,14-15H,6-7,9,11-13H2,1-3H3,(H,24,29)/t14-,15+. The molecule has 1 fully saturated rings. The summed E-state index contributed by atoms with van der Waals surface area (Å²) in [4.78, 5) is 28.0. The molecule has 4 heterocycles. The van der Waals surface area contributed by atoms with Crippen LogP contribution < -0.4 is 10.2 Å². The van der Waals surface area contributed by atoms with Crippen molar-refractivity contribution in [2.45, 2.75) is 46.6 Å². The minimum Gasteiger partial charge on any atom is -0.355 e. The average Bonchev–Trinajstić information content (AvgIpc) is 3.11. The highest BCUT2D eigenvalue weighted by atomic mass is 16.5. The van der Waals surface area contributed by atoms with Gasteiger partial charge in [-0.15, -0.1) is 0 Å². The summed E-state index contributed by atoms with van der Waals surface area (Å²) in [6.07, 6.45) is 5.44. The lowest BCUT2D eigenvalue weighted by atomic mass is 9.92. The fourth-order valence-electron chi connectivity index (χ4n) is 4.21. The summed E-state index contributed by atoms with van der Waals surface area (Å²) in [5.74, 6) is 2.64. The van der Waals surface area contributed by atoms with E-state index < -0.39 is 0 Å². The first-order valence-corrected chi connectivity index (χ1v) is 10.5. The monoisotopic (exact) mass is 408 g/mol. The molecular weight excluding hydrogens is 380 g/mol. The average molecular weight is 409 g/mol. The fraction of sp³-hybridized carbons (Fsp3) is 0.500. The molecule has 0 radical (unpaired) electrons. The van der Waals surface area contributed by atoms with Gasteiger partial charge in [-0.3, -0.25) is 9.78 Å². The van der Waals surface area contributed by atoms with E-state index in [4.69, 9.17) is 9.51 Å². The predicted molar refractivity (Wildman–Crippen MR) is 114 cm³/mol. The van der Waals surface area contributed by atoms with E-state index >= 15 is 0 Å². The van der Waals surface area contributed by atoms with Crippen LogP contribution in [-0.2, 0) is 17.8 Å². The summed E-state index contributed by atoms with van der Waals surface area (Å²) in [5, 5.41) is 7.89. The molecule has 4 rings (SSSR count). The van der Waals surface area contributed by atoms with Gasteiger partial charge >= 0.3 is 0 Å². The van der Waals surface area contributed by atoms with Crippen molar-refractivity contribution in [2.24, 2.45) is 11.8 Å². The van der Waals surface area contributed by atoms with Gasteiger partial charge < -0.3 is 14.7 Å². The number of carbonyl (C=O) groups excluding carboxylic acids is 1. The summed E-state index contributed by atoms with van der Waals surface area (Å²) in [5.41, 5.74) is 2.26. The number of pyridine rings is 1. The second-order valence-electron chi connectivity index (χ2n) is 8.40. The van der Waals surface area contributed by atoms with E-state index in [2.05, 4.69) is 39.2 Å². The van der Waals surface area contributed by atoms with Crippen molar-refractivity contribution >= 4 is 22.8 Å². The Bertz CT molecular complexity index is 1010. The molecule has 0 aliphatic carbocycles. The third kappa shape index (κ3) is 4.58. The van der Waals surface area contributed by atoms with Crippen LogP contribution in [0.15, 0.2) is 29.0 Å². The molecule has 8 heteroatoms. The molecule has 1 aliphatic heterocycles. The second-order valence-corrected chi connectivity index (χ2v) is 8.40. The molecule has 30 heavy (non-hydrogen) atoms. The lowest BCUT2D eigenvalue weighted by molar-refractivity contribution is -0.121. The highest BCUT2D eigenvalue weighted by Crippen LogP contribution is 2.31. The number of nitrogens with one attached hydrogen (secondary N) is 1. The van der Waals surface area contributed by atoms with Crippen molar-refractivity contribution < 1.29 is 9.32 Å². The number of hydrogen-bond donors (Lipinski definition) is 1. The van der Waals surface area contributed by atoms with E-state index in [0.29, 0.717) is 42.8 Å². The summed E-state index contributed by atoms with van der Waals surface area (Å²) < 4.78 is 5.45.